The Bertz CT molecular complexity index is 699. The van der Waals surface area contributed by atoms with Gasteiger partial charge in [0, 0.05) is 37.5 Å². The molecule has 0 saturated carbocycles. The number of piperidine rings is 1. The number of carbonyl (C=O) groups is 1. The van der Waals surface area contributed by atoms with E-state index >= 15 is 0 Å². The van der Waals surface area contributed by atoms with Crippen molar-refractivity contribution in [2.75, 3.05) is 18.0 Å². The van der Waals surface area contributed by atoms with Gasteiger partial charge in [0.1, 0.15) is 11.6 Å². The number of amides is 1. The van der Waals surface area contributed by atoms with Crippen molar-refractivity contribution in [3.05, 3.63) is 35.6 Å². The number of rotatable bonds is 5. The van der Waals surface area contributed by atoms with E-state index in [-0.39, 0.29) is 11.9 Å². The minimum atomic E-state index is -0.640. The van der Waals surface area contributed by atoms with Gasteiger partial charge in [0.2, 0.25) is 5.91 Å². The Morgan fingerprint density at radius 1 is 1.44 bits per heavy atom. The average Bonchev–Trinajstić information content (AvgIpc) is 2.94. The highest BCUT2D eigenvalue weighted by Gasteiger charge is 2.29. The maximum absolute atomic E-state index is 12.2. The summed E-state index contributed by atoms with van der Waals surface area (Å²) in [5.74, 6) is 1.42. The molecule has 1 aliphatic rings. The minimum absolute atomic E-state index is 0.0722. The molecule has 25 heavy (non-hydrogen) atoms. The van der Waals surface area contributed by atoms with E-state index in [1.165, 1.54) is 0 Å². The largest absolute Gasteiger partial charge is 0.389 e. The number of nitrogens with zero attached hydrogens (tertiary/aromatic N) is 4. The molecule has 2 atom stereocenters. The Kier molecular flexibility index (Phi) is 5.28. The molecule has 1 aliphatic heterocycles. The van der Waals surface area contributed by atoms with Crippen LogP contribution in [-0.4, -0.2) is 51.4 Å². The second kappa shape index (κ2) is 7.60. The van der Waals surface area contributed by atoms with Crippen molar-refractivity contribution in [3.63, 3.8) is 0 Å². The molecule has 0 unspecified atom stereocenters. The number of carbonyl (C=O) groups excluding carboxylic acids is 1. The third kappa shape index (κ3) is 4.14. The quantitative estimate of drug-likeness (QED) is 0.825. The number of anilines is 1. The summed E-state index contributed by atoms with van der Waals surface area (Å²) in [7, 11) is 0. The molecule has 1 fully saturated rings. The Morgan fingerprint density at radius 2 is 2.28 bits per heavy atom. The number of β-amino-alcohol motifs (C(OH)–C–C–N with tert-alkyl or cyclic N) is 1. The van der Waals surface area contributed by atoms with Gasteiger partial charge in [-0.05, 0) is 26.7 Å². The fraction of sp³-hybridized carbons (Fsp3) is 0.529. The second-order valence-electron chi connectivity index (χ2n) is 6.34. The van der Waals surface area contributed by atoms with E-state index in [1.807, 2.05) is 18.7 Å². The summed E-state index contributed by atoms with van der Waals surface area (Å²) in [4.78, 5) is 22.5. The molecule has 2 N–H and O–H groups in total. The standard InChI is InChI=1S/C17H23N5O3/c1-11-13(12(2)25-21-11)3-4-17(24)20-14-5-8-22(10-15(14)23)16-9-18-6-7-19-16/h6-7,9,14-15,23H,3-5,8,10H2,1-2H3,(H,20,24)/t14-,15-/m1/s1. The first-order valence-corrected chi connectivity index (χ1v) is 8.44. The molecular formula is C17H23N5O3. The van der Waals surface area contributed by atoms with E-state index in [0.29, 0.717) is 32.4 Å². The molecule has 3 heterocycles. The van der Waals surface area contributed by atoms with Crippen LogP contribution >= 0.6 is 0 Å². The highest BCUT2D eigenvalue weighted by molar-refractivity contribution is 5.76. The molecule has 1 saturated heterocycles. The molecule has 8 heteroatoms. The van der Waals surface area contributed by atoms with Crippen LogP contribution in [0.2, 0.25) is 0 Å². The van der Waals surface area contributed by atoms with Crippen molar-refractivity contribution < 1.29 is 14.4 Å². The lowest BCUT2D eigenvalue weighted by molar-refractivity contribution is -0.122. The van der Waals surface area contributed by atoms with Gasteiger partial charge in [-0.25, -0.2) is 4.98 Å². The molecule has 0 bridgehead atoms. The molecule has 2 aromatic heterocycles. The van der Waals surface area contributed by atoms with Crippen molar-refractivity contribution in [3.8, 4) is 0 Å². The van der Waals surface area contributed by atoms with E-state index < -0.39 is 6.10 Å². The molecule has 134 valence electrons. The first-order chi connectivity index (χ1) is 12.0. The molecular weight excluding hydrogens is 322 g/mol. The maximum Gasteiger partial charge on any atom is 0.220 e. The summed E-state index contributed by atoms with van der Waals surface area (Å²) >= 11 is 0. The zero-order chi connectivity index (χ0) is 17.8. The number of hydrogen-bond donors (Lipinski definition) is 2. The molecule has 8 nitrogen and oxygen atoms in total. The van der Waals surface area contributed by atoms with Crippen molar-refractivity contribution in [1.29, 1.82) is 0 Å². The lowest BCUT2D eigenvalue weighted by Gasteiger charge is -2.36. The predicted octanol–water partition coefficient (Wildman–Crippen LogP) is 0.770. The van der Waals surface area contributed by atoms with Crippen LogP contribution in [0.15, 0.2) is 23.1 Å². The number of aromatic nitrogens is 3. The number of hydrogen-bond acceptors (Lipinski definition) is 7. The molecule has 0 aromatic carbocycles. The fourth-order valence-corrected chi connectivity index (χ4v) is 3.14. The number of aliphatic hydroxyl groups excluding tert-OH is 1. The zero-order valence-electron chi connectivity index (χ0n) is 14.5. The summed E-state index contributed by atoms with van der Waals surface area (Å²) in [6, 6.07) is -0.245. The van der Waals surface area contributed by atoms with Crippen molar-refractivity contribution in [1.82, 2.24) is 20.4 Å². The number of nitrogens with one attached hydrogen (secondary N) is 1. The third-order valence-electron chi connectivity index (χ3n) is 4.59. The summed E-state index contributed by atoms with van der Waals surface area (Å²) in [6.07, 6.45) is 5.88. The van der Waals surface area contributed by atoms with Crippen LogP contribution in [-0.2, 0) is 11.2 Å². The Hall–Kier alpha value is -2.48. The first-order valence-electron chi connectivity index (χ1n) is 8.44. The van der Waals surface area contributed by atoms with Gasteiger partial charge in [-0.1, -0.05) is 5.16 Å². The van der Waals surface area contributed by atoms with Crippen LogP contribution in [0.5, 0.6) is 0 Å². The highest BCUT2D eigenvalue weighted by Crippen LogP contribution is 2.18. The van der Waals surface area contributed by atoms with Gasteiger partial charge in [-0.15, -0.1) is 0 Å². The topological polar surface area (TPSA) is 104 Å². The number of aryl methyl sites for hydroxylation is 2. The van der Waals surface area contributed by atoms with Crippen LogP contribution in [0, 0.1) is 13.8 Å². The van der Waals surface area contributed by atoms with Crippen molar-refractivity contribution in [2.45, 2.75) is 45.3 Å². The maximum atomic E-state index is 12.2. The highest BCUT2D eigenvalue weighted by atomic mass is 16.5. The van der Waals surface area contributed by atoms with Gasteiger partial charge in [-0.3, -0.25) is 9.78 Å². The minimum Gasteiger partial charge on any atom is -0.389 e. The molecule has 3 rings (SSSR count). The summed E-state index contributed by atoms with van der Waals surface area (Å²) < 4.78 is 5.11. The SMILES string of the molecule is Cc1noc(C)c1CCC(=O)N[C@@H]1CCN(c2cnccn2)C[C@H]1O. The van der Waals surface area contributed by atoms with Gasteiger partial charge in [0.25, 0.3) is 0 Å². The van der Waals surface area contributed by atoms with E-state index in [0.717, 1.165) is 22.8 Å². The Morgan fingerprint density at radius 3 is 2.92 bits per heavy atom. The van der Waals surface area contributed by atoms with Gasteiger partial charge in [0.05, 0.1) is 24.0 Å². The van der Waals surface area contributed by atoms with Crippen molar-refractivity contribution >= 4 is 11.7 Å². The second-order valence-corrected chi connectivity index (χ2v) is 6.34. The molecule has 1 amide bonds. The van der Waals surface area contributed by atoms with Crippen molar-refractivity contribution in [2.24, 2.45) is 0 Å². The van der Waals surface area contributed by atoms with Crippen LogP contribution in [0.25, 0.3) is 0 Å². The molecule has 0 aliphatic carbocycles. The van der Waals surface area contributed by atoms with Crippen LogP contribution < -0.4 is 10.2 Å². The third-order valence-corrected chi connectivity index (χ3v) is 4.59. The number of aliphatic hydroxyl groups is 1. The zero-order valence-corrected chi connectivity index (χ0v) is 14.5. The van der Waals surface area contributed by atoms with Gasteiger partial charge >= 0.3 is 0 Å². The monoisotopic (exact) mass is 345 g/mol. The van der Waals surface area contributed by atoms with E-state index in [9.17, 15) is 9.90 Å². The van der Waals surface area contributed by atoms with Gasteiger partial charge in [-0.2, -0.15) is 0 Å². The normalized spacial score (nSPS) is 20.5. The predicted molar refractivity (Wildman–Crippen MR) is 91.1 cm³/mol. The van der Waals surface area contributed by atoms with E-state index in [2.05, 4.69) is 20.4 Å². The lowest BCUT2D eigenvalue weighted by atomic mass is 10.0. The lowest BCUT2D eigenvalue weighted by Crippen LogP contribution is -2.54. The molecule has 0 radical (unpaired) electrons. The summed E-state index contributed by atoms with van der Waals surface area (Å²) in [6.45, 7) is 4.85. The van der Waals surface area contributed by atoms with Gasteiger partial charge < -0.3 is 19.8 Å². The Labute approximate surface area is 146 Å². The van der Waals surface area contributed by atoms with Crippen LogP contribution in [0.4, 0.5) is 5.82 Å². The first kappa shape index (κ1) is 17.3. The van der Waals surface area contributed by atoms with Crippen LogP contribution in [0.1, 0.15) is 29.9 Å². The fourth-order valence-electron chi connectivity index (χ4n) is 3.14. The smallest absolute Gasteiger partial charge is 0.220 e. The average molecular weight is 345 g/mol. The Balaban J connectivity index is 1.49. The summed E-state index contributed by atoms with van der Waals surface area (Å²) in [5, 5.41) is 17.2. The molecule has 0 spiro atoms. The van der Waals surface area contributed by atoms with E-state index in [4.69, 9.17) is 4.52 Å². The van der Waals surface area contributed by atoms with Gasteiger partial charge in [0.15, 0.2) is 0 Å². The van der Waals surface area contributed by atoms with Crippen LogP contribution in [0.3, 0.4) is 0 Å². The molecule has 2 aromatic rings. The summed E-state index contributed by atoms with van der Waals surface area (Å²) in [5.41, 5.74) is 1.80. The van der Waals surface area contributed by atoms with E-state index in [1.54, 1.807) is 18.6 Å².